The molecular formula is C13H22N4O3S. The molecule has 0 atom stereocenters. The van der Waals surface area contributed by atoms with Gasteiger partial charge in [0.05, 0.1) is 16.3 Å². The molecule has 1 aromatic carbocycles. The van der Waals surface area contributed by atoms with Crippen LogP contribution in [-0.2, 0) is 14.8 Å². The van der Waals surface area contributed by atoms with E-state index in [0.29, 0.717) is 24.3 Å². The molecule has 0 heterocycles. The average molecular weight is 314 g/mol. The van der Waals surface area contributed by atoms with Gasteiger partial charge in [-0.25, -0.2) is 12.7 Å². The van der Waals surface area contributed by atoms with Crippen LogP contribution in [0.5, 0.6) is 0 Å². The molecule has 0 fully saturated rings. The molecule has 7 nitrogen and oxygen atoms in total. The molecule has 0 spiro atoms. The molecule has 0 aliphatic carbocycles. The Balaban J connectivity index is 3.05. The van der Waals surface area contributed by atoms with Crippen molar-refractivity contribution in [2.45, 2.75) is 11.3 Å². The second-order valence-electron chi connectivity index (χ2n) is 4.85. The van der Waals surface area contributed by atoms with E-state index in [1.807, 2.05) is 0 Å². The summed E-state index contributed by atoms with van der Waals surface area (Å²) in [6.45, 7) is 0.440. The van der Waals surface area contributed by atoms with E-state index in [1.54, 1.807) is 25.1 Å². The Bertz CT molecular complexity index is 614. The third-order valence-corrected chi connectivity index (χ3v) is 4.96. The van der Waals surface area contributed by atoms with E-state index in [2.05, 4.69) is 5.32 Å². The lowest BCUT2D eigenvalue weighted by molar-refractivity contribution is -0.120. The molecule has 0 aromatic heterocycles. The number of hydrogen-bond donors (Lipinski definition) is 2. The molecule has 118 valence electrons. The fraction of sp³-hybridized carbons (Fsp3) is 0.462. The first kappa shape index (κ1) is 17.3. The number of sulfonamides is 1. The Hall–Kier alpha value is -1.80. The van der Waals surface area contributed by atoms with Crippen molar-refractivity contribution in [3.8, 4) is 0 Å². The summed E-state index contributed by atoms with van der Waals surface area (Å²) in [7, 11) is 2.77. The quantitative estimate of drug-likeness (QED) is 0.726. The van der Waals surface area contributed by atoms with E-state index < -0.39 is 10.0 Å². The summed E-state index contributed by atoms with van der Waals surface area (Å²) in [6, 6.07) is 4.55. The van der Waals surface area contributed by atoms with Crippen LogP contribution in [0.3, 0.4) is 0 Å². The van der Waals surface area contributed by atoms with Gasteiger partial charge in [0, 0.05) is 41.2 Å². The maximum absolute atomic E-state index is 12.1. The van der Waals surface area contributed by atoms with Crippen LogP contribution in [-0.4, -0.2) is 53.4 Å². The summed E-state index contributed by atoms with van der Waals surface area (Å²) in [6.07, 6.45) is 0.303. The van der Waals surface area contributed by atoms with Crippen LogP contribution < -0.4 is 16.0 Å². The van der Waals surface area contributed by atoms with Gasteiger partial charge in [-0.2, -0.15) is 0 Å². The summed E-state index contributed by atoms with van der Waals surface area (Å²) in [5.74, 6) is -0.0857. The van der Waals surface area contributed by atoms with Crippen LogP contribution in [0, 0.1) is 0 Å². The first-order valence-electron chi connectivity index (χ1n) is 6.44. The highest BCUT2D eigenvalue weighted by atomic mass is 32.2. The molecule has 0 unspecified atom stereocenters. The number of nitrogen functional groups attached to an aromatic ring is 1. The lowest BCUT2D eigenvalue weighted by Gasteiger charge is -2.22. The number of carbonyl (C=O) groups is 1. The Morgan fingerprint density at radius 2 is 1.90 bits per heavy atom. The highest BCUT2D eigenvalue weighted by molar-refractivity contribution is 7.89. The minimum Gasteiger partial charge on any atom is -0.397 e. The molecule has 0 aliphatic heterocycles. The van der Waals surface area contributed by atoms with Crippen molar-refractivity contribution >= 4 is 27.3 Å². The van der Waals surface area contributed by atoms with Gasteiger partial charge in [0.15, 0.2) is 0 Å². The number of carbonyl (C=O) groups excluding carboxylic acids is 1. The van der Waals surface area contributed by atoms with Crippen LogP contribution in [0.25, 0.3) is 0 Å². The van der Waals surface area contributed by atoms with Crippen molar-refractivity contribution < 1.29 is 13.2 Å². The maximum atomic E-state index is 12.1. The second kappa shape index (κ2) is 6.77. The zero-order valence-electron chi connectivity index (χ0n) is 12.8. The van der Waals surface area contributed by atoms with Gasteiger partial charge < -0.3 is 16.0 Å². The SMILES string of the molecule is CNC(=O)CCN(C)c1cc(S(=O)(=O)N(C)C)ccc1N. The van der Waals surface area contributed by atoms with Crippen molar-refractivity contribution in [3.63, 3.8) is 0 Å². The van der Waals surface area contributed by atoms with Gasteiger partial charge >= 0.3 is 0 Å². The predicted molar refractivity (Wildman–Crippen MR) is 83.7 cm³/mol. The number of nitrogens with one attached hydrogen (secondary N) is 1. The summed E-state index contributed by atoms with van der Waals surface area (Å²) in [4.78, 5) is 13.2. The number of nitrogens with zero attached hydrogens (tertiary/aromatic N) is 2. The molecule has 0 saturated heterocycles. The number of hydrogen-bond acceptors (Lipinski definition) is 5. The number of nitrogens with two attached hydrogens (primary N) is 1. The van der Waals surface area contributed by atoms with E-state index in [9.17, 15) is 13.2 Å². The number of benzene rings is 1. The van der Waals surface area contributed by atoms with Crippen LogP contribution >= 0.6 is 0 Å². The molecule has 1 amide bonds. The summed E-state index contributed by atoms with van der Waals surface area (Å²) < 4.78 is 25.4. The van der Waals surface area contributed by atoms with Gasteiger partial charge in [-0.05, 0) is 18.2 Å². The van der Waals surface area contributed by atoms with Crippen molar-refractivity contribution in [3.05, 3.63) is 18.2 Å². The molecular weight excluding hydrogens is 292 g/mol. The van der Waals surface area contributed by atoms with Crippen LogP contribution in [0.2, 0.25) is 0 Å². The standard InChI is InChI=1S/C13H22N4O3S/c1-15-13(18)7-8-17(4)12-9-10(5-6-11(12)14)21(19,20)16(2)3/h5-6,9H,7-8,14H2,1-4H3,(H,15,18). The van der Waals surface area contributed by atoms with E-state index in [-0.39, 0.29) is 10.8 Å². The minimum absolute atomic E-state index is 0.0857. The molecule has 0 radical (unpaired) electrons. The average Bonchev–Trinajstić information content (AvgIpc) is 2.44. The van der Waals surface area contributed by atoms with Gasteiger partial charge in [-0.3, -0.25) is 4.79 Å². The Morgan fingerprint density at radius 1 is 1.29 bits per heavy atom. The van der Waals surface area contributed by atoms with Gasteiger partial charge in [-0.15, -0.1) is 0 Å². The van der Waals surface area contributed by atoms with Crippen molar-refractivity contribution in [2.75, 3.05) is 45.4 Å². The monoisotopic (exact) mass is 314 g/mol. The predicted octanol–water partition coefficient (Wildman–Crippen LogP) is 0.0914. The summed E-state index contributed by atoms with van der Waals surface area (Å²) in [5.41, 5.74) is 6.95. The van der Waals surface area contributed by atoms with Crippen LogP contribution in [0.1, 0.15) is 6.42 Å². The first-order chi connectivity index (χ1) is 9.70. The molecule has 1 aromatic rings. The molecule has 8 heteroatoms. The molecule has 0 saturated carbocycles. The fourth-order valence-corrected chi connectivity index (χ4v) is 2.66. The Morgan fingerprint density at radius 3 is 2.43 bits per heavy atom. The van der Waals surface area contributed by atoms with E-state index in [4.69, 9.17) is 5.73 Å². The van der Waals surface area contributed by atoms with E-state index >= 15 is 0 Å². The highest BCUT2D eigenvalue weighted by Gasteiger charge is 2.19. The molecule has 3 N–H and O–H groups in total. The van der Waals surface area contributed by atoms with Crippen molar-refractivity contribution in [1.29, 1.82) is 0 Å². The number of anilines is 2. The van der Waals surface area contributed by atoms with E-state index in [0.717, 1.165) is 4.31 Å². The topological polar surface area (TPSA) is 95.7 Å². The van der Waals surface area contributed by atoms with Crippen LogP contribution in [0.4, 0.5) is 11.4 Å². The van der Waals surface area contributed by atoms with E-state index in [1.165, 1.54) is 26.2 Å². The zero-order chi connectivity index (χ0) is 16.2. The zero-order valence-corrected chi connectivity index (χ0v) is 13.6. The lowest BCUT2D eigenvalue weighted by atomic mass is 10.2. The third-order valence-electron chi connectivity index (χ3n) is 3.14. The smallest absolute Gasteiger partial charge is 0.242 e. The first-order valence-corrected chi connectivity index (χ1v) is 7.88. The Labute approximate surface area is 125 Å². The molecule has 0 bridgehead atoms. The Kier molecular flexibility index (Phi) is 5.56. The largest absolute Gasteiger partial charge is 0.397 e. The van der Waals surface area contributed by atoms with Crippen LogP contribution in [0.15, 0.2) is 23.1 Å². The second-order valence-corrected chi connectivity index (χ2v) is 7.00. The maximum Gasteiger partial charge on any atom is 0.242 e. The van der Waals surface area contributed by atoms with Gasteiger partial charge in [0.25, 0.3) is 0 Å². The molecule has 0 aliphatic rings. The fourth-order valence-electron chi connectivity index (χ4n) is 1.74. The third kappa shape index (κ3) is 4.08. The van der Waals surface area contributed by atoms with Crippen molar-refractivity contribution in [1.82, 2.24) is 9.62 Å². The van der Waals surface area contributed by atoms with Gasteiger partial charge in [0.2, 0.25) is 15.9 Å². The normalized spacial score (nSPS) is 11.5. The van der Waals surface area contributed by atoms with Gasteiger partial charge in [0.1, 0.15) is 0 Å². The minimum atomic E-state index is -3.51. The number of amides is 1. The summed E-state index contributed by atoms with van der Waals surface area (Å²) in [5, 5.41) is 2.54. The molecule has 21 heavy (non-hydrogen) atoms. The van der Waals surface area contributed by atoms with Gasteiger partial charge in [-0.1, -0.05) is 0 Å². The molecule has 1 rings (SSSR count). The number of rotatable bonds is 6. The lowest BCUT2D eigenvalue weighted by Crippen LogP contribution is -2.27. The summed E-state index contributed by atoms with van der Waals surface area (Å²) >= 11 is 0. The van der Waals surface area contributed by atoms with Crippen molar-refractivity contribution in [2.24, 2.45) is 0 Å². The highest BCUT2D eigenvalue weighted by Crippen LogP contribution is 2.27.